The zero-order valence-corrected chi connectivity index (χ0v) is 21.8. The number of allylic oxidation sites excluding steroid dienone is 1. The summed E-state index contributed by atoms with van der Waals surface area (Å²) >= 11 is 2.85. The van der Waals surface area contributed by atoms with Crippen LogP contribution in [0, 0.1) is 0 Å². The number of aromatic nitrogens is 2. The molecule has 12 heteroatoms. The maximum atomic E-state index is 13.1. The number of benzene rings is 1. The maximum absolute atomic E-state index is 13.1. The lowest BCUT2D eigenvalue weighted by atomic mass is 10.2. The summed E-state index contributed by atoms with van der Waals surface area (Å²) in [6, 6.07) is 7.53. The highest BCUT2D eigenvalue weighted by Gasteiger charge is 2.28. The highest BCUT2D eigenvalue weighted by molar-refractivity contribution is 8.19. The van der Waals surface area contributed by atoms with Gasteiger partial charge in [-0.3, -0.25) is 13.9 Å². The van der Waals surface area contributed by atoms with Crippen LogP contribution in [0.25, 0.3) is 21.6 Å². The van der Waals surface area contributed by atoms with Gasteiger partial charge >= 0.3 is 0 Å². The van der Waals surface area contributed by atoms with E-state index in [4.69, 9.17) is 0 Å². The number of hydrogen-bond donors (Lipinski definition) is 1. The van der Waals surface area contributed by atoms with E-state index in [0.29, 0.717) is 29.6 Å². The molecule has 0 saturated carbocycles. The van der Waals surface area contributed by atoms with Crippen molar-refractivity contribution in [3.05, 3.63) is 45.7 Å². The van der Waals surface area contributed by atoms with Crippen molar-refractivity contribution in [3.63, 3.8) is 0 Å². The first-order valence-electron chi connectivity index (χ1n) is 11.2. The van der Waals surface area contributed by atoms with Gasteiger partial charge in [0.15, 0.2) is 0 Å². The van der Waals surface area contributed by atoms with E-state index in [9.17, 15) is 18.0 Å². The Kier molecular flexibility index (Phi) is 6.36. The van der Waals surface area contributed by atoms with E-state index < -0.39 is 10.0 Å². The van der Waals surface area contributed by atoms with Gasteiger partial charge in [-0.2, -0.15) is 0 Å². The van der Waals surface area contributed by atoms with Gasteiger partial charge in [0.05, 0.1) is 30.0 Å². The smallest absolute Gasteiger partial charge is 0.269 e. The van der Waals surface area contributed by atoms with Crippen molar-refractivity contribution in [2.24, 2.45) is 0 Å². The lowest BCUT2D eigenvalue weighted by Crippen LogP contribution is -2.51. The standard InChI is InChI=1S/C23H25N5O4S3/c1-15(29)27-8-9-28(20(30)14-27)13-17-12-24-23(34-17)18-11-16-5-3-6-19(22(16)25-18)26(2)35(31,32)21-7-4-10-33-21/h3,5-7,11-12,25H,4,8-10,13-14H2,1-2H3. The molecule has 1 fully saturated rings. The fraction of sp³-hybridized carbons (Fsp3) is 0.348. The monoisotopic (exact) mass is 531 g/mol. The Morgan fingerprint density at radius 1 is 1.29 bits per heavy atom. The van der Waals surface area contributed by atoms with Crippen LogP contribution in [0.2, 0.25) is 0 Å². The Bertz CT molecular complexity index is 1440. The first kappa shape index (κ1) is 23.9. The van der Waals surface area contributed by atoms with E-state index in [1.165, 1.54) is 34.3 Å². The van der Waals surface area contributed by atoms with Crippen LogP contribution < -0.4 is 4.31 Å². The molecule has 4 heterocycles. The van der Waals surface area contributed by atoms with E-state index in [1.807, 2.05) is 18.2 Å². The maximum Gasteiger partial charge on any atom is 0.269 e. The van der Waals surface area contributed by atoms with Gasteiger partial charge < -0.3 is 14.8 Å². The minimum Gasteiger partial charge on any atom is -0.351 e. The Balaban J connectivity index is 1.37. The summed E-state index contributed by atoms with van der Waals surface area (Å²) in [4.78, 5) is 36.1. The largest absolute Gasteiger partial charge is 0.351 e. The van der Waals surface area contributed by atoms with Gasteiger partial charge in [-0.1, -0.05) is 18.2 Å². The molecule has 2 aromatic heterocycles. The average Bonchev–Trinajstić information content (AvgIpc) is 3.59. The normalized spacial score (nSPS) is 16.7. The highest BCUT2D eigenvalue weighted by Crippen LogP contribution is 2.37. The lowest BCUT2D eigenvalue weighted by molar-refractivity contribution is -0.144. The van der Waals surface area contributed by atoms with Gasteiger partial charge in [0.25, 0.3) is 10.0 Å². The van der Waals surface area contributed by atoms with Crippen LogP contribution >= 0.6 is 23.1 Å². The second-order valence-electron chi connectivity index (χ2n) is 8.44. The number of anilines is 1. The lowest BCUT2D eigenvalue weighted by Gasteiger charge is -2.33. The number of nitrogens with zero attached hydrogens (tertiary/aromatic N) is 4. The topological polar surface area (TPSA) is 107 Å². The molecule has 3 aromatic rings. The molecular weight excluding hydrogens is 506 g/mol. The quantitative estimate of drug-likeness (QED) is 0.524. The first-order valence-corrected chi connectivity index (χ1v) is 14.4. The van der Waals surface area contributed by atoms with Crippen LogP contribution in [0.3, 0.4) is 0 Å². The van der Waals surface area contributed by atoms with Gasteiger partial charge in [0.1, 0.15) is 9.24 Å². The summed E-state index contributed by atoms with van der Waals surface area (Å²) < 4.78 is 27.9. The molecule has 0 atom stereocenters. The molecule has 35 heavy (non-hydrogen) atoms. The number of rotatable bonds is 6. The third-order valence-electron chi connectivity index (χ3n) is 6.16. The Morgan fingerprint density at radius 3 is 2.83 bits per heavy atom. The average molecular weight is 532 g/mol. The number of piperazine rings is 1. The van der Waals surface area contributed by atoms with Gasteiger partial charge in [0, 0.05) is 49.3 Å². The number of nitrogens with one attached hydrogen (secondary N) is 1. The summed E-state index contributed by atoms with van der Waals surface area (Å²) in [6.07, 6.45) is 4.30. The SMILES string of the molecule is CC(=O)N1CCN(Cc2cnc(-c3cc4cccc(N(C)S(=O)(=O)C5=CCCS5)c4[nH]3)s2)C(=O)C1. The van der Waals surface area contributed by atoms with Crippen molar-refractivity contribution < 1.29 is 18.0 Å². The third kappa shape index (κ3) is 4.57. The van der Waals surface area contributed by atoms with Gasteiger partial charge in [-0.25, -0.2) is 13.4 Å². The summed E-state index contributed by atoms with van der Waals surface area (Å²) in [5, 5.41) is 1.65. The first-order chi connectivity index (χ1) is 16.7. The zero-order chi connectivity index (χ0) is 24.7. The van der Waals surface area contributed by atoms with E-state index >= 15 is 0 Å². The van der Waals surface area contributed by atoms with Gasteiger partial charge in [-0.05, 0) is 18.6 Å². The molecule has 9 nitrogen and oxygen atoms in total. The van der Waals surface area contributed by atoms with Crippen LogP contribution in [0.4, 0.5) is 5.69 Å². The number of sulfonamides is 1. The Morgan fingerprint density at radius 2 is 2.11 bits per heavy atom. The minimum atomic E-state index is -3.60. The second-order valence-corrected chi connectivity index (χ2v) is 12.9. The molecule has 2 aliphatic rings. The molecule has 0 unspecified atom stereocenters. The molecular formula is C23H25N5O4S3. The fourth-order valence-corrected chi connectivity index (χ4v) is 7.96. The van der Waals surface area contributed by atoms with E-state index in [1.54, 1.807) is 35.2 Å². The number of thioether (sulfide) groups is 1. The minimum absolute atomic E-state index is 0.0727. The molecule has 1 aromatic carbocycles. The zero-order valence-electron chi connectivity index (χ0n) is 19.4. The van der Waals surface area contributed by atoms with Crippen LogP contribution in [-0.2, 0) is 26.2 Å². The third-order valence-corrected chi connectivity index (χ3v) is 10.6. The van der Waals surface area contributed by atoms with E-state index in [0.717, 1.165) is 38.7 Å². The van der Waals surface area contributed by atoms with Crippen LogP contribution in [-0.4, -0.2) is 72.4 Å². The number of hydrogen-bond acceptors (Lipinski definition) is 7. The number of amides is 2. The molecule has 0 radical (unpaired) electrons. The molecule has 1 N–H and O–H groups in total. The number of carbonyl (C=O) groups excluding carboxylic acids is 2. The number of carbonyl (C=O) groups is 2. The van der Waals surface area contributed by atoms with Gasteiger partial charge in [0.2, 0.25) is 11.8 Å². The van der Waals surface area contributed by atoms with Crippen molar-refractivity contribution in [1.82, 2.24) is 19.8 Å². The molecule has 2 aliphatic heterocycles. The predicted octanol–water partition coefficient (Wildman–Crippen LogP) is 3.23. The van der Waals surface area contributed by atoms with Crippen molar-refractivity contribution in [1.29, 1.82) is 0 Å². The molecule has 5 rings (SSSR count). The summed E-state index contributed by atoms with van der Waals surface area (Å²) in [6.45, 7) is 3.06. The number of para-hydroxylation sites is 1. The van der Waals surface area contributed by atoms with Crippen LogP contribution in [0.15, 0.2) is 40.8 Å². The molecule has 184 valence electrons. The van der Waals surface area contributed by atoms with Crippen LogP contribution in [0.1, 0.15) is 18.2 Å². The number of H-pyrrole nitrogens is 1. The molecule has 0 bridgehead atoms. The number of thiazole rings is 1. The van der Waals surface area contributed by atoms with Crippen molar-refractivity contribution in [2.75, 3.05) is 36.7 Å². The molecule has 2 amide bonds. The molecule has 1 saturated heterocycles. The summed E-state index contributed by atoms with van der Waals surface area (Å²) in [5.41, 5.74) is 2.09. The van der Waals surface area contributed by atoms with E-state index in [-0.39, 0.29) is 18.4 Å². The van der Waals surface area contributed by atoms with Crippen LogP contribution in [0.5, 0.6) is 0 Å². The highest BCUT2D eigenvalue weighted by atomic mass is 32.3. The summed E-state index contributed by atoms with van der Waals surface area (Å²) in [7, 11) is -2.02. The van der Waals surface area contributed by atoms with Crippen molar-refractivity contribution >= 4 is 61.5 Å². The predicted molar refractivity (Wildman–Crippen MR) is 140 cm³/mol. The molecule has 0 aliphatic carbocycles. The van der Waals surface area contributed by atoms with Crippen molar-refractivity contribution in [3.8, 4) is 10.7 Å². The Labute approximate surface area is 211 Å². The number of fused-ring (bicyclic) bond motifs is 1. The molecule has 0 spiro atoms. The van der Waals surface area contributed by atoms with Crippen molar-refractivity contribution in [2.45, 2.75) is 19.9 Å². The number of aromatic amines is 1. The van der Waals surface area contributed by atoms with E-state index in [2.05, 4.69) is 9.97 Å². The Hall–Kier alpha value is -2.83. The van der Waals surface area contributed by atoms with Gasteiger partial charge in [-0.15, -0.1) is 23.1 Å². The second kappa shape index (κ2) is 9.32. The summed E-state index contributed by atoms with van der Waals surface area (Å²) in [5.74, 6) is 0.619. The fourth-order valence-electron chi connectivity index (χ4n) is 4.19.